The number of esters is 1. The number of nitrogens with one attached hydrogen (secondary N) is 1. The van der Waals surface area contributed by atoms with Crippen molar-refractivity contribution in [2.24, 2.45) is 5.92 Å². The van der Waals surface area contributed by atoms with Gasteiger partial charge in [0.25, 0.3) is 0 Å². The van der Waals surface area contributed by atoms with Crippen molar-refractivity contribution in [3.8, 4) is 6.07 Å². The number of fused-ring (bicyclic) bond motifs is 1. The molecule has 5 atom stereocenters. The van der Waals surface area contributed by atoms with E-state index in [1.165, 1.54) is 0 Å². The van der Waals surface area contributed by atoms with E-state index in [2.05, 4.69) is 11.4 Å². The Morgan fingerprint density at radius 1 is 1.24 bits per heavy atom. The lowest BCUT2D eigenvalue weighted by atomic mass is 9.84. The molecule has 0 bridgehead atoms. The summed E-state index contributed by atoms with van der Waals surface area (Å²) in [6.45, 7) is 3.80. The number of carboxylic acid groups (broad SMARTS) is 1. The molecule has 3 rings (SSSR count). The number of likely N-dealkylation sites (tertiary alicyclic amines) is 1. The van der Waals surface area contributed by atoms with Gasteiger partial charge < -0.3 is 14.7 Å². The van der Waals surface area contributed by atoms with Crippen molar-refractivity contribution in [3.63, 3.8) is 0 Å². The Hall–Kier alpha value is -2.92. The summed E-state index contributed by atoms with van der Waals surface area (Å²) in [5.41, 5.74) is 1.38. The summed E-state index contributed by atoms with van der Waals surface area (Å²) >= 11 is 0. The normalized spacial score (nSPS) is 23.8. The van der Waals surface area contributed by atoms with Crippen LogP contribution in [0.2, 0.25) is 0 Å². The number of hydrogen-bond donors (Lipinski definition) is 2. The molecule has 8 heteroatoms. The maximum absolute atomic E-state index is 13.5. The molecule has 1 amide bonds. The van der Waals surface area contributed by atoms with Gasteiger partial charge >= 0.3 is 11.9 Å². The predicted molar refractivity (Wildman–Crippen MR) is 121 cm³/mol. The van der Waals surface area contributed by atoms with E-state index in [-0.39, 0.29) is 36.3 Å². The van der Waals surface area contributed by atoms with Crippen LogP contribution < -0.4 is 5.32 Å². The molecule has 0 aromatic heterocycles. The van der Waals surface area contributed by atoms with E-state index in [1.54, 1.807) is 30.9 Å². The van der Waals surface area contributed by atoms with Crippen molar-refractivity contribution in [2.45, 2.75) is 83.0 Å². The number of hydrogen-bond acceptors (Lipinski definition) is 6. The van der Waals surface area contributed by atoms with Crippen LogP contribution in [0.1, 0.15) is 76.0 Å². The fourth-order valence-electron chi connectivity index (χ4n) is 5.23. The third-order valence-electron chi connectivity index (χ3n) is 6.83. The number of nitriles is 1. The van der Waals surface area contributed by atoms with E-state index in [0.29, 0.717) is 25.0 Å². The molecule has 2 aliphatic rings. The second-order valence-electron chi connectivity index (χ2n) is 8.97. The van der Waals surface area contributed by atoms with E-state index in [9.17, 15) is 19.5 Å². The van der Waals surface area contributed by atoms with Crippen LogP contribution >= 0.6 is 0 Å². The van der Waals surface area contributed by atoms with Crippen LogP contribution in [-0.2, 0) is 19.1 Å². The summed E-state index contributed by atoms with van der Waals surface area (Å²) in [5.74, 6) is -1.23. The van der Waals surface area contributed by atoms with Gasteiger partial charge in [-0.2, -0.15) is 5.26 Å². The highest BCUT2D eigenvalue weighted by atomic mass is 16.5. The smallest absolute Gasteiger partial charge is 0.326 e. The highest BCUT2D eigenvalue weighted by Crippen LogP contribution is 2.40. The number of benzene rings is 1. The van der Waals surface area contributed by atoms with Crippen molar-refractivity contribution in [1.82, 2.24) is 10.2 Å². The van der Waals surface area contributed by atoms with Crippen molar-refractivity contribution in [3.05, 3.63) is 35.4 Å². The summed E-state index contributed by atoms with van der Waals surface area (Å²) in [6.07, 6.45) is 5.00. The average Bonchev–Trinajstić information content (AvgIpc) is 3.21. The second kappa shape index (κ2) is 11.3. The Morgan fingerprint density at radius 2 is 1.94 bits per heavy atom. The van der Waals surface area contributed by atoms with E-state index in [0.717, 1.165) is 31.2 Å². The van der Waals surface area contributed by atoms with Crippen LogP contribution in [0.3, 0.4) is 0 Å². The summed E-state index contributed by atoms with van der Waals surface area (Å²) < 4.78 is 5.05. The molecule has 178 valence electrons. The summed E-state index contributed by atoms with van der Waals surface area (Å²) in [7, 11) is 0. The van der Waals surface area contributed by atoms with Gasteiger partial charge in [0.15, 0.2) is 0 Å². The molecule has 2 fully saturated rings. The minimum absolute atomic E-state index is 0.0236. The molecular weight excluding hydrogens is 422 g/mol. The first-order valence-corrected chi connectivity index (χ1v) is 11.8. The third kappa shape index (κ3) is 5.91. The lowest BCUT2D eigenvalue weighted by Crippen LogP contribution is -2.53. The average molecular weight is 456 g/mol. The summed E-state index contributed by atoms with van der Waals surface area (Å²) in [5, 5.41) is 22.2. The monoisotopic (exact) mass is 455 g/mol. The highest BCUT2D eigenvalue weighted by molar-refractivity contribution is 5.88. The number of nitrogens with zero attached hydrogens (tertiary/aromatic N) is 2. The first-order valence-electron chi connectivity index (χ1n) is 11.8. The van der Waals surface area contributed by atoms with Crippen LogP contribution in [-0.4, -0.2) is 52.6 Å². The van der Waals surface area contributed by atoms with Crippen LogP contribution in [0.15, 0.2) is 24.3 Å². The number of carboxylic acids is 1. The van der Waals surface area contributed by atoms with Crippen LogP contribution in [0, 0.1) is 17.2 Å². The molecule has 1 saturated carbocycles. The van der Waals surface area contributed by atoms with Crippen molar-refractivity contribution >= 4 is 17.8 Å². The number of rotatable bonds is 9. The minimum Gasteiger partial charge on any atom is -0.480 e. The maximum Gasteiger partial charge on any atom is 0.326 e. The SMILES string of the molecule is CCOC(=O)CC[C@H](N[C@@H](C)C(=O)N1[C@@H]2CCCC[C@@H]2C[C@H]1C(=O)O)c1ccc(C#N)cc1. The third-order valence-corrected chi connectivity index (χ3v) is 6.83. The number of amides is 1. The molecule has 0 radical (unpaired) electrons. The van der Waals surface area contributed by atoms with Crippen molar-refractivity contribution < 1.29 is 24.2 Å². The van der Waals surface area contributed by atoms with E-state index in [4.69, 9.17) is 10.00 Å². The lowest BCUT2D eigenvalue weighted by Gasteiger charge is -2.35. The van der Waals surface area contributed by atoms with Gasteiger partial charge in [0.2, 0.25) is 5.91 Å². The van der Waals surface area contributed by atoms with E-state index < -0.39 is 18.1 Å². The maximum atomic E-state index is 13.5. The molecule has 8 nitrogen and oxygen atoms in total. The molecule has 1 heterocycles. The number of aliphatic carboxylic acids is 1. The topological polar surface area (TPSA) is 120 Å². The van der Waals surface area contributed by atoms with E-state index >= 15 is 0 Å². The van der Waals surface area contributed by atoms with Gasteiger partial charge in [0, 0.05) is 18.5 Å². The molecule has 0 unspecified atom stereocenters. The molecule has 33 heavy (non-hydrogen) atoms. The number of carbonyl (C=O) groups is 3. The second-order valence-corrected chi connectivity index (χ2v) is 8.97. The molecule has 0 spiro atoms. The van der Waals surface area contributed by atoms with Gasteiger partial charge in [-0.3, -0.25) is 14.9 Å². The van der Waals surface area contributed by atoms with Gasteiger partial charge in [-0.1, -0.05) is 25.0 Å². The van der Waals surface area contributed by atoms with Crippen LogP contribution in [0.4, 0.5) is 0 Å². The Balaban J connectivity index is 1.77. The zero-order valence-electron chi connectivity index (χ0n) is 19.3. The zero-order valence-corrected chi connectivity index (χ0v) is 19.3. The molecule has 1 aliphatic heterocycles. The van der Waals surface area contributed by atoms with E-state index in [1.807, 2.05) is 12.1 Å². The van der Waals surface area contributed by atoms with Gasteiger partial charge in [-0.15, -0.1) is 0 Å². The van der Waals surface area contributed by atoms with Crippen molar-refractivity contribution in [1.29, 1.82) is 5.26 Å². The zero-order chi connectivity index (χ0) is 24.0. The quantitative estimate of drug-likeness (QED) is 0.549. The van der Waals surface area contributed by atoms with Gasteiger partial charge in [-0.25, -0.2) is 4.79 Å². The first kappa shape index (κ1) is 24.7. The molecule has 1 saturated heterocycles. The minimum atomic E-state index is -0.948. The predicted octanol–water partition coefficient (Wildman–Crippen LogP) is 3.17. The molecule has 1 aromatic rings. The fourth-order valence-corrected chi connectivity index (χ4v) is 5.23. The standard InChI is InChI=1S/C25H33N3O5/c1-3-33-23(29)13-12-20(18-10-8-17(15-26)9-11-18)27-16(2)24(30)28-21-7-5-4-6-19(21)14-22(28)25(31)32/h8-11,16,19-22,27H,3-7,12-14H2,1-2H3,(H,31,32)/t16-,19+,20-,21+,22-/m0/s1. The summed E-state index contributed by atoms with van der Waals surface area (Å²) in [6, 6.07) is 7.35. The number of carbonyl (C=O) groups excluding carboxylic acids is 2. The lowest BCUT2D eigenvalue weighted by molar-refractivity contribution is -0.150. The first-order chi connectivity index (χ1) is 15.8. The molecule has 1 aromatic carbocycles. The van der Waals surface area contributed by atoms with Gasteiger partial charge in [0.1, 0.15) is 6.04 Å². The fraction of sp³-hybridized carbons (Fsp3) is 0.600. The Kier molecular flexibility index (Phi) is 8.45. The molecular formula is C25H33N3O5. The number of ether oxygens (including phenoxy) is 1. The van der Waals surface area contributed by atoms with Gasteiger partial charge in [0.05, 0.1) is 24.3 Å². The Labute approximate surface area is 194 Å². The Bertz CT molecular complexity index is 894. The molecule has 1 aliphatic carbocycles. The van der Waals surface area contributed by atoms with Crippen molar-refractivity contribution in [2.75, 3.05) is 6.61 Å². The molecule has 2 N–H and O–H groups in total. The Morgan fingerprint density at radius 3 is 2.58 bits per heavy atom. The van der Waals surface area contributed by atoms with Crippen LogP contribution in [0.25, 0.3) is 0 Å². The largest absolute Gasteiger partial charge is 0.480 e. The summed E-state index contributed by atoms with van der Waals surface area (Å²) in [4.78, 5) is 39.0. The van der Waals surface area contributed by atoms with Gasteiger partial charge in [-0.05, 0) is 63.1 Å². The van der Waals surface area contributed by atoms with Crippen LogP contribution in [0.5, 0.6) is 0 Å². The highest BCUT2D eigenvalue weighted by Gasteiger charge is 2.48.